The zero-order valence-electron chi connectivity index (χ0n) is 33.7. The topological polar surface area (TPSA) is 24.8 Å². The number of aryl methyl sites for hydroxylation is 2. The molecule has 0 amide bonds. The van der Waals surface area contributed by atoms with Crippen molar-refractivity contribution in [3.05, 3.63) is 52.6 Å². The summed E-state index contributed by atoms with van der Waals surface area (Å²) in [4.78, 5) is 7.02. The lowest BCUT2D eigenvalue weighted by Gasteiger charge is -2.45. The van der Waals surface area contributed by atoms with Crippen LogP contribution in [0.25, 0.3) is 0 Å². The van der Waals surface area contributed by atoms with Crippen LogP contribution in [0.4, 0.5) is 11.4 Å². The molecule has 280 valence electrons. The number of ether oxygens (including phenoxy) is 1. The van der Waals surface area contributed by atoms with Crippen molar-refractivity contribution < 1.29 is 4.74 Å². The summed E-state index contributed by atoms with van der Waals surface area (Å²) >= 11 is 0. The number of anilines is 1. The van der Waals surface area contributed by atoms with Crippen LogP contribution in [-0.4, -0.2) is 19.0 Å². The van der Waals surface area contributed by atoms with E-state index in [1.807, 2.05) is 12.3 Å². The van der Waals surface area contributed by atoms with Crippen LogP contribution in [0.15, 0.2) is 35.3 Å². The number of benzene rings is 2. The lowest BCUT2D eigenvalue weighted by molar-refractivity contribution is 0.0816. The first-order valence-corrected chi connectivity index (χ1v) is 21.5. The van der Waals surface area contributed by atoms with E-state index >= 15 is 0 Å². The van der Waals surface area contributed by atoms with Crippen molar-refractivity contribution >= 4 is 17.6 Å². The Morgan fingerprint density at radius 3 is 1.30 bits per heavy atom. The van der Waals surface area contributed by atoms with Crippen molar-refractivity contribution in [3.63, 3.8) is 0 Å². The Balaban J connectivity index is 0.000000195. The first-order chi connectivity index (χ1) is 24.3. The Bertz CT molecular complexity index is 1190. The van der Waals surface area contributed by atoms with Gasteiger partial charge in [-0.15, -0.1) is 0 Å². The van der Waals surface area contributed by atoms with Crippen LogP contribution in [0.1, 0.15) is 203 Å². The monoisotopic (exact) mass is 685 g/mol. The maximum atomic E-state index is 6.72. The Morgan fingerprint density at radius 1 is 0.540 bits per heavy atom. The summed E-state index contributed by atoms with van der Waals surface area (Å²) in [7, 11) is 2.10. The largest absolute Gasteiger partial charge is 0.459 e. The molecule has 2 saturated carbocycles. The highest BCUT2D eigenvalue weighted by atomic mass is 16.5. The normalized spacial score (nSPS) is 23.6. The summed E-state index contributed by atoms with van der Waals surface area (Å²) in [6.45, 7) is 10.9. The van der Waals surface area contributed by atoms with Gasteiger partial charge in [0.1, 0.15) is 5.69 Å². The van der Waals surface area contributed by atoms with Gasteiger partial charge in [0.2, 0.25) is 5.72 Å². The number of hydrogen-bond acceptors (Lipinski definition) is 3. The van der Waals surface area contributed by atoms with Gasteiger partial charge in [-0.1, -0.05) is 191 Å². The van der Waals surface area contributed by atoms with Gasteiger partial charge in [-0.05, 0) is 63.4 Å². The van der Waals surface area contributed by atoms with Crippen LogP contribution in [0.2, 0.25) is 0 Å². The van der Waals surface area contributed by atoms with Crippen molar-refractivity contribution in [2.75, 3.05) is 11.9 Å². The third-order valence-electron chi connectivity index (χ3n) is 12.4. The number of rotatable bonds is 0. The smallest absolute Gasteiger partial charge is 0.228 e. The molecule has 0 bridgehead atoms. The molecule has 2 fully saturated rings. The fourth-order valence-corrected chi connectivity index (χ4v) is 8.62. The lowest BCUT2D eigenvalue weighted by atomic mass is 9.77. The average Bonchev–Trinajstić information content (AvgIpc) is 3.28. The molecule has 2 aromatic carbocycles. The van der Waals surface area contributed by atoms with Crippen LogP contribution in [0.5, 0.6) is 5.75 Å². The summed E-state index contributed by atoms with van der Waals surface area (Å²) in [6, 6.07) is 10.8. The second-order valence-corrected chi connectivity index (χ2v) is 16.8. The minimum absolute atomic E-state index is 0.208. The van der Waals surface area contributed by atoms with Gasteiger partial charge in [-0.3, -0.25) is 4.99 Å². The van der Waals surface area contributed by atoms with Crippen molar-refractivity contribution in [1.82, 2.24) is 0 Å². The van der Waals surface area contributed by atoms with Gasteiger partial charge < -0.3 is 9.64 Å². The zero-order valence-corrected chi connectivity index (χ0v) is 33.7. The molecule has 0 radical (unpaired) electrons. The van der Waals surface area contributed by atoms with Crippen molar-refractivity contribution in [2.24, 2.45) is 4.99 Å². The average molecular weight is 685 g/mol. The van der Waals surface area contributed by atoms with Crippen LogP contribution < -0.4 is 9.64 Å². The van der Waals surface area contributed by atoms with E-state index in [4.69, 9.17) is 9.73 Å². The molecule has 1 atom stereocenters. The summed E-state index contributed by atoms with van der Waals surface area (Å²) in [5, 5.41) is 0. The molecule has 2 heterocycles. The SMILES string of the molecule is C1CCCCC1.C1CCCCCCCCCCCCCCCCCCC1.Cc1ccc2c(c1)C(C)(C)C1(C=Nc3ccc(C)c(C)c3O1)N2C. The highest BCUT2D eigenvalue weighted by molar-refractivity contribution is 5.88. The quantitative estimate of drug-likeness (QED) is 0.276. The first-order valence-electron chi connectivity index (χ1n) is 21.5. The molecule has 2 aliphatic heterocycles. The van der Waals surface area contributed by atoms with E-state index in [1.165, 1.54) is 195 Å². The molecule has 3 heteroatoms. The molecule has 0 aromatic heterocycles. The van der Waals surface area contributed by atoms with Gasteiger partial charge in [-0.2, -0.15) is 0 Å². The maximum absolute atomic E-state index is 6.72. The molecular weight excluding hydrogens is 609 g/mol. The van der Waals surface area contributed by atoms with E-state index in [0.29, 0.717) is 0 Å². The second-order valence-electron chi connectivity index (χ2n) is 16.8. The highest BCUT2D eigenvalue weighted by Gasteiger charge is 2.58. The van der Waals surface area contributed by atoms with Gasteiger partial charge in [0.15, 0.2) is 5.75 Å². The fourth-order valence-electron chi connectivity index (χ4n) is 8.62. The molecule has 0 saturated heterocycles. The Hall–Kier alpha value is -2.29. The fraction of sp³-hybridized carbons (Fsp3) is 0.723. The highest BCUT2D eigenvalue weighted by Crippen LogP contribution is 2.54. The van der Waals surface area contributed by atoms with Gasteiger partial charge in [-0.25, -0.2) is 0 Å². The molecule has 1 unspecified atom stereocenters. The van der Waals surface area contributed by atoms with Crippen molar-refractivity contribution in [3.8, 4) is 5.75 Å². The zero-order chi connectivity index (χ0) is 35.7. The Kier molecular flexibility index (Phi) is 17.2. The van der Waals surface area contributed by atoms with E-state index in [-0.39, 0.29) is 5.41 Å². The number of fused-ring (bicyclic) bond motifs is 2. The second kappa shape index (κ2) is 21.3. The van der Waals surface area contributed by atoms with E-state index in [2.05, 4.69) is 70.8 Å². The minimum atomic E-state index is -0.602. The van der Waals surface area contributed by atoms with Crippen LogP contribution in [-0.2, 0) is 5.41 Å². The van der Waals surface area contributed by atoms with Gasteiger partial charge in [0.05, 0.1) is 11.6 Å². The Labute approximate surface area is 309 Å². The lowest BCUT2D eigenvalue weighted by Crippen LogP contribution is -2.61. The first kappa shape index (κ1) is 40.5. The van der Waals surface area contributed by atoms with E-state index in [0.717, 1.165) is 11.4 Å². The van der Waals surface area contributed by atoms with E-state index < -0.39 is 5.72 Å². The van der Waals surface area contributed by atoms with Gasteiger partial charge in [0.25, 0.3) is 0 Å². The molecule has 4 aliphatic rings. The summed E-state index contributed by atoms with van der Waals surface area (Å²) < 4.78 is 6.72. The molecular formula is C47H76N2O. The number of likely N-dealkylation sites (N-methyl/N-ethyl adjacent to an activating group) is 1. The van der Waals surface area contributed by atoms with Crippen LogP contribution >= 0.6 is 0 Å². The molecule has 50 heavy (non-hydrogen) atoms. The molecule has 0 N–H and O–H groups in total. The maximum Gasteiger partial charge on any atom is 0.228 e. The number of hydrogen-bond donors (Lipinski definition) is 0. The molecule has 3 nitrogen and oxygen atoms in total. The molecule has 2 aliphatic carbocycles. The molecule has 6 rings (SSSR count). The summed E-state index contributed by atoms with van der Waals surface area (Å²) in [5.41, 5.74) is 6.30. The van der Waals surface area contributed by atoms with Gasteiger partial charge >= 0.3 is 0 Å². The Morgan fingerprint density at radius 2 is 0.920 bits per heavy atom. The number of nitrogens with zero attached hydrogens (tertiary/aromatic N) is 2. The van der Waals surface area contributed by atoms with Crippen LogP contribution in [0, 0.1) is 20.8 Å². The molecule has 2 aromatic rings. The predicted molar refractivity (Wildman–Crippen MR) is 220 cm³/mol. The van der Waals surface area contributed by atoms with Crippen LogP contribution in [0.3, 0.4) is 0 Å². The third kappa shape index (κ3) is 11.4. The molecule has 1 spiro atoms. The standard InChI is InChI=1S/C21H24N2O.C20H40.C6H12/c1-13-7-10-18-16(11-13)20(4,5)21(23(18)6)12-22-17-9-8-14(2)15(3)19(17)24-21;1-2-4-6-8-10-12-14-16-18-20-19-17-15-13-11-9-7-5-3-1;1-2-4-6-5-3-1/h7-12H,1-6H3;1-20H2;1-6H2. The van der Waals surface area contributed by atoms with Crippen molar-refractivity contribution in [1.29, 1.82) is 0 Å². The predicted octanol–water partition coefficient (Wildman–Crippen LogP) is 15.0. The van der Waals surface area contributed by atoms with Crippen molar-refractivity contribution in [2.45, 2.75) is 213 Å². The minimum Gasteiger partial charge on any atom is -0.459 e. The third-order valence-corrected chi connectivity index (χ3v) is 12.4. The summed E-state index contributed by atoms with van der Waals surface area (Å²) in [5.74, 6) is 0.905. The van der Waals surface area contributed by atoms with E-state index in [9.17, 15) is 0 Å². The number of aliphatic imine (C=N–C) groups is 1. The summed E-state index contributed by atoms with van der Waals surface area (Å²) in [6.07, 6.45) is 41.0. The van der Waals surface area contributed by atoms with E-state index in [1.54, 1.807) is 0 Å². The van der Waals surface area contributed by atoms with Gasteiger partial charge in [0, 0.05) is 12.7 Å².